The van der Waals surface area contributed by atoms with Crippen LogP contribution in [0.2, 0.25) is 0 Å². The van der Waals surface area contributed by atoms with Gasteiger partial charge >= 0.3 is 0 Å². The third kappa shape index (κ3) is 3.12. The zero-order valence-corrected chi connectivity index (χ0v) is 15.0. The van der Waals surface area contributed by atoms with Crippen molar-refractivity contribution < 1.29 is 4.79 Å². The van der Waals surface area contributed by atoms with E-state index in [2.05, 4.69) is 42.0 Å². The van der Waals surface area contributed by atoms with Gasteiger partial charge in [-0.25, -0.2) is 9.98 Å². The highest BCUT2D eigenvalue weighted by molar-refractivity contribution is 8.18. The molecule has 1 aromatic heterocycles. The van der Waals surface area contributed by atoms with E-state index in [0.29, 0.717) is 11.0 Å². The lowest BCUT2D eigenvalue weighted by molar-refractivity contribution is -0.121. The summed E-state index contributed by atoms with van der Waals surface area (Å²) in [7, 11) is 1.75. The second-order valence-corrected chi connectivity index (χ2v) is 6.78. The largest absolute Gasteiger partial charge is 0.289 e. The Morgan fingerprint density at radius 2 is 1.96 bits per heavy atom. The first-order chi connectivity index (χ1) is 11.5. The van der Waals surface area contributed by atoms with Crippen molar-refractivity contribution in [2.24, 2.45) is 4.99 Å². The van der Waals surface area contributed by atoms with Crippen molar-refractivity contribution in [3.63, 3.8) is 0 Å². The molecule has 2 heterocycles. The van der Waals surface area contributed by atoms with Crippen molar-refractivity contribution in [1.82, 2.24) is 9.88 Å². The molecule has 0 unspecified atom stereocenters. The van der Waals surface area contributed by atoms with Crippen LogP contribution in [0.3, 0.4) is 0 Å². The summed E-state index contributed by atoms with van der Waals surface area (Å²) in [6, 6.07) is 11.8. The average Bonchev–Trinajstić information content (AvgIpc) is 2.86. The molecule has 1 aliphatic rings. The maximum Gasteiger partial charge on any atom is 0.266 e. The van der Waals surface area contributed by atoms with E-state index in [-0.39, 0.29) is 5.91 Å². The van der Waals surface area contributed by atoms with Crippen molar-refractivity contribution in [1.29, 1.82) is 0 Å². The molecule has 3 rings (SSSR count). The van der Waals surface area contributed by atoms with Gasteiger partial charge < -0.3 is 0 Å². The van der Waals surface area contributed by atoms with Gasteiger partial charge in [-0.2, -0.15) is 0 Å². The lowest BCUT2D eigenvalue weighted by Gasteiger charge is -2.08. The Labute approximate surface area is 146 Å². The summed E-state index contributed by atoms with van der Waals surface area (Å²) in [6.07, 6.45) is 1.69. The molecule has 0 bridgehead atoms. The molecule has 1 saturated heterocycles. The maximum atomic E-state index is 12.6. The van der Waals surface area contributed by atoms with Gasteiger partial charge in [0, 0.05) is 13.2 Å². The van der Waals surface area contributed by atoms with E-state index in [1.807, 2.05) is 25.1 Å². The first kappa shape index (κ1) is 16.5. The van der Waals surface area contributed by atoms with Gasteiger partial charge in [0.05, 0.1) is 4.91 Å². The Bertz CT molecular complexity index is 856. The smallest absolute Gasteiger partial charge is 0.266 e. The van der Waals surface area contributed by atoms with Crippen LogP contribution in [0.25, 0.3) is 5.57 Å². The normalized spacial score (nSPS) is 18.4. The number of aliphatic imine (C=N–C) groups is 1. The van der Waals surface area contributed by atoms with E-state index in [9.17, 15) is 4.79 Å². The third-order valence-corrected chi connectivity index (χ3v) is 5.35. The van der Waals surface area contributed by atoms with E-state index in [0.717, 1.165) is 16.0 Å². The first-order valence-corrected chi connectivity index (χ1v) is 8.53. The number of amidine groups is 1. The average molecular weight is 337 g/mol. The topological polar surface area (TPSA) is 45.6 Å². The molecule has 1 amide bonds. The zero-order valence-electron chi connectivity index (χ0n) is 14.2. The van der Waals surface area contributed by atoms with Crippen LogP contribution in [0, 0.1) is 13.8 Å². The van der Waals surface area contributed by atoms with Crippen molar-refractivity contribution >= 4 is 34.2 Å². The minimum atomic E-state index is -0.0228. The molecule has 2 aromatic rings. The number of carbonyl (C=O) groups excluding carboxylic acids is 1. The highest BCUT2D eigenvalue weighted by Gasteiger charge is 2.32. The van der Waals surface area contributed by atoms with Gasteiger partial charge in [0.15, 0.2) is 11.0 Å². The fraction of sp³-hybridized carbons (Fsp3) is 0.211. The lowest BCUT2D eigenvalue weighted by atomic mass is 10.0. The number of thioether (sulfide) groups is 1. The summed E-state index contributed by atoms with van der Waals surface area (Å²) in [5.74, 6) is 0.579. The summed E-state index contributed by atoms with van der Waals surface area (Å²) in [4.78, 5) is 23.6. The summed E-state index contributed by atoms with van der Waals surface area (Å²) >= 11 is 1.40. The summed E-state index contributed by atoms with van der Waals surface area (Å²) in [5, 5.41) is 0.650. The number of amides is 1. The molecule has 0 radical (unpaired) electrons. The Hall–Kier alpha value is -2.40. The number of hydrogen-bond donors (Lipinski definition) is 0. The van der Waals surface area contributed by atoms with Crippen LogP contribution in [0.5, 0.6) is 0 Å². The van der Waals surface area contributed by atoms with Gasteiger partial charge in [0.1, 0.15) is 0 Å². The number of aromatic nitrogens is 1. The van der Waals surface area contributed by atoms with Crippen LogP contribution < -0.4 is 0 Å². The SMILES string of the molecule is C/C(=C1/S/C(=N/c2ccccn2)N(C)C1=O)c1ccc(C)c(C)c1. The molecule has 0 aliphatic carbocycles. The van der Waals surface area contributed by atoms with Crippen LogP contribution in [0.15, 0.2) is 52.5 Å². The molecule has 5 heteroatoms. The second kappa shape index (κ2) is 6.61. The molecule has 0 atom stereocenters. The minimum Gasteiger partial charge on any atom is -0.289 e. The standard InChI is InChI=1S/C19H19N3OS/c1-12-8-9-15(11-13(12)2)14(3)17-18(23)22(4)19(24-17)21-16-7-5-6-10-20-16/h5-11H,1-4H3/b17-14-,21-19+. The van der Waals surface area contributed by atoms with E-state index in [1.54, 1.807) is 18.1 Å². The highest BCUT2D eigenvalue weighted by atomic mass is 32.2. The molecule has 0 saturated carbocycles. The van der Waals surface area contributed by atoms with Crippen molar-refractivity contribution in [3.8, 4) is 0 Å². The van der Waals surface area contributed by atoms with Crippen LogP contribution in [0.4, 0.5) is 5.82 Å². The van der Waals surface area contributed by atoms with Crippen molar-refractivity contribution in [2.45, 2.75) is 20.8 Å². The summed E-state index contributed by atoms with van der Waals surface area (Å²) < 4.78 is 0. The fourth-order valence-electron chi connectivity index (χ4n) is 2.40. The van der Waals surface area contributed by atoms with E-state index >= 15 is 0 Å². The molecule has 1 aliphatic heterocycles. The number of aryl methyl sites for hydroxylation is 2. The van der Waals surface area contributed by atoms with Crippen LogP contribution in [0.1, 0.15) is 23.6 Å². The van der Waals surface area contributed by atoms with Crippen molar-refractivity contribution in [3.05, 3.63) is 64.2 Å². The molecule has 1 fully saturated rings. The molecule has 4 nitrogen and oxygen atoms in total. The maximum absolute atomic E-state index is 12.6. The second-order valence-electron chi connectivity index (χ2n) is 5.80. The summed E-state index contributed by atoms with van der Waals surface area (Å²) in [5.41, 5.74) is 4.52. The number of carbonyl (C=O) groups is 1. The number of hydrogen-bond acceptors (Lipinski definition) is 4. The van der Waals surface area contributed by atoms with Gasteiger partial charge in [-0.15, -0.1) is 0 Å². The molecule has 122 valence electrons. The molecule has 0 N–H and O–H groups in total. The Balaban J connectivity index is 1.98. The van der Waals surface area contributed by atoms with E-state index in [1.165, 1.54) is 22.9 Å². The summed E-state index contributed by atoms with van der Waals surface area (Å²) in [6.45, 7) is 6.16. The lowest BCUT2D eigenvalue weighted by Crippen LogP contribution is -2.24. The number of likely N-dealkylation sites (N-methyl/N-ethyl adjacent to an activating group) is 1. The highest BCUT2D eigenvalue weighted by Crippen LogP contribution is 2.36. The number of allylic oxidation sites excluding steroid dienone is 1. The zero-order chi connectivity index (χ0) is 17.3. The predicted molar refractivity (Wildman–Crippen MR) is 100 cm³/mol. The third-order valence-electron chi connectivity index (χ3n) is 4.12. The number of pyridine rings is 1. The Morgan fingerprint density at radius 1 is 1.17 bits per heavy atom. The van der Waals surface area contributed by atoms with Crippen molar-refractivity contribution in [2.75, 3.05) is 7.05 Å². The van der Waals surface area contributed by atoms with E-state index < -0.39 is 0 Å². The molecular formula is C19H19N3OS. The number of rotatable bonds is 2. The van der Waals surface area contributed by atoms with Crippen LogP contribution >= 0.6 is 11.8 Å². The Kier molecular flexibility index (Phi) is 4.53. The molecular weight excluding hydrogens is 318 g/mol. The number of benzene rings is 1. The van der Waals surface area contributed by atoms with E-state index in [4.69, 9.17) is 0 Å². The fourth-order valence-corrected chi connectivity index (χ4v) is 3.44. The van der Waals surface area contributed by atoms with Gasteiger partial charge in [0.2, 0.25) is 0 Å². The van der Waals surface area contributed by atoms with Gasteiger partial charge in [-0.3, -0.25) is 9.69 Å². The van der Waals surface area contributed by atoms with Gasteiger partial charge in [0.25, 0.3) is 5.91 Å². The monoisotopic (exact) mass is 337 g/mol. The van der Waals surface area contributed by atoms with Gasteiger partial charge in [-0.1, -0.05) is 24.3 Å². The van der Waals surface area contributed by atoms with Crippen LogP contribution in [-0.2, 0) is 4.79 Å². The predicted octanol–water partition coefficient (Wildman–Crippen LogP) is 4.32. The molecule has 24 heavy (non-hydrogen) atoms. The molecule has 1 aromatic carbocycles. The minimum absolute atomic E-state index is 0.0228. The quantitative estimate of drug-likeness (QED) is 0.767. The number of nitrogens with zero attached hydrogens (tertiary/aromatic N) is 3. The molecule has 0 spiro atoms. The first-order valence-electron chi connectivity index (χ1n) is 7.71. The van der Waals surface area contributed by atoms with Gasteiger partial charge in [-0.05, 0) is 66.9 Å². The Morgan fingerprint density at radius 3 is 2.62 bits per heavy atom. The van der Waals surface area contributed by atoms with Crippen LogP contribution in [-0.4, -0.2) is 28.0 Å².